The molecule has 3 N–H and O–H groups in total. The number of anilines is 1. The van der Waals surface area contributed by atoms with Crippen LogP contribution in [0.15, 0.2) is 45.3 Å². The summed E-state index contributed by atoms with van der Waals surface area (Å²) in [7, 11) is 2.04. The first-order valence-electron chi connectivity index (χ1n) is 14.9. The third-order valence-electron chi connectivity index (χ3n) is 8.69. The first-order chi connectivity index (χ1) is 21.1. The average Bonchev–Trinajstić information content (AvgIpc) is 3.18. The second kappa shape index (κ2) is 14.4. The Labute approximate surface area is 274 Å². The Kier molecular flexibility index (Phi) is 10.6. The number of Topliss-reactive ketones (excluding diaryl/α,β-unsaturated/α-hetero) is 1. The largest absolute Gasteiger partial charge is 0.506 e. The number of para-hydroxylation sites is 1. The molecule has 0 aliphatic carbocycles. The van der Waals surface area contributed by atoms with Crippen LogP contribution in [0.3, 0.4) is 0 Å². The molecular weight excluding hydrogens is 696 g/mol. The van der Waals surface area contributed by atoms with Crippen LogP contribution < -0.4 is 10.6 Å². The molecule has 13 heteroatoms. The number of amides is 4. The highest BCUT2D eigenvalue weighted by Gasteiger charge is 2.34. The highest BCUT2D eigenvalue weighted by molar-refractivity contribution is 9.11. The molecule has 0 radical (unpaired) electrons. The standard InChI is InChI=1S/C31H38Br2N6O5/c1-36-12-14-37(15-13-36)19-27(40)34-26(29(42)21-16-23(32)30(43)24(33)17-21)18-28(41)38-9-7-22(8-10-38)39-11-6-20-4-2-3-5-25(20)35-31(39)44/h2-5,16-17,22,26,43H,6-15,18-19H2,1H3,(H,34,40)(H,35,44)/t26-/m0/s1. The lowest BCUT2D eigenvalue weighted by Gasteiger charge is -2.38. The third kappa shape index (κ3) is 7.79. The van der Waals surface area contributed by atoms with Crippen LogP contribution in [-0.2, 0) is 16.0 Å². The molecule has 1 atom stereocenters. The van der Waals surface area contributed by atoms with E-state index in [4.69, 9.17) is 0 Å². The number of benzene rings is 2. The Balaban J connectivity index is 1.22. The highest BCUT2D eigenvalue weighted by atomic mass is 79.9. The Hall–Kier alpha value is -3.00. The van der Waals surface area contributed by atoms with Gasteiger partial charge in [-0.1, -0.05) is 18.2 Å². The number of nitrogens with zero attached hydrogens (tertiary/aromatic N) is 4. The first kappa shape index (κ1) is 32.4. The van der Waals surface area contributed by atoms with Crippen LogP contribution in [0.5, 0.6) is 5.75 Å². The normalized spacial score (nSPS) is 19.1. The van der Waals surface area contributed by atoms with Crippen molar-refractivity contribution in [3.63, 3.8) is 0 Å². The van der Waals surface area contributed by atoms with Crippen molar-refractivity contribution in [1.82, 2.24) is 24.9 Å². The summed E-state index contributed by atoms with van der Waals surface area (Å²) in [5.41, 5.74) is 2.20. The van der Waals surface area contributed by atoms with Crippen molar-refractivity contribution in [1.29, 1.82) is 0 Å². The van der Waals surface area contributed by atoms with Gasteiger partial charge in [0, 0.05) is 63.1 Å². The van der Waals surface area contributed by atoms with E-state index in [0.29, 0.717) is 41.4 Å². The van der Waals surface area contributed by atoms with E-state index >= 15 is 0 Å². The number of aromatic hydroxyl groups is 1. The number of hydrogen-bond donors (Lipinski definition) is 3. The second-order valence-corrected chi connectivity index (χ2v) is 13.4. The first-order valence-corrected chi connectivity index (χ1v) is 16.5. The van der Waals surface area contributed by atoms with Crippen LogP contribution in [0.25, 0.3) is 0 Å². The van der Waals surface area contributed by atoms with Gasteiger partial charge in [0.25, 0.3) is 0 Å². The molecule has 2 fully saturated rings. The Morgan fingerprint density at radius 2 is 1.66 bits per heavy atom. The molecule has 3 aliphatic heterocycles. The molecule has 5 rings (SSSR count). The molecule has 0 bridgehead atoms. The second-order valence-electron chi connectivity index (χ2n) is 11.7. The number of piperazine rings is 1. The maximum atomic E-state index is 13.7. The zero-order valence-corrected chi connectivity index (χ0v) is 27.9. The fourth-order valence-electron chi connectivity index (χ4n) is 6.04. The summed E-state index contributed by atoms with van der Waals surface area (Å²) in [6, 6.07) is 9.60. The molecule has 2 aromatic rings. The van der Waals surface area contributed by atoms with Gasteiger partial charge in [0.1, 0.15) is 11.8 Å². The molecule has 0 aromatic heterocycles. The zero-order valence-electron chi connectivity index (χ0n) is 24.7. The summed E-state index contributed by atoms with van der Waals surface area (Å²) in [4.78, 5) is 61.2. The van der Waals surface area contributed by atoms with Crippen molar-refractivity contribution in [2.75, 3.05) is 64.7 Å². The van der Waals surface area contributed by atoms with Crippen molar-refractivity contribution in [2.45, 2.75) is 37.8 Å². The number of carbonyl (C=O) groups excluding carboxylic acids is 4. The molecule has 3 heterocycles. The molecule has 0 spiro atoms. The Bertz CT molecular complexity index is 1380. The van der Waals surface area contributed by atoms with E-state index in [-0.39, 0.29) is 48.2 Å². The highest BCUT2D eigenvalue weighted by Crippen LogP contribution is 2.34. The summed E-state index contributed by atoms with van der Waals surface area (Å²) in [6.07, 6.45) is 1.83. The minimum absolute atomic E-state index is 0.000721. The number of phenols is 1. The monoisotopic (exact) mass is 732 g/mol. The summed E-state index contributed by atoms with van der Waals surface area (Å²) in [5, 5.41) is 16.0. The van der Waals surface area contributed by atoms with Gasteiger partial charge in [-0.05, 0) is 81.9 Å². The van der Waals surface area contributed by atoms with E-state index in [1.54, 1.807) is 4.90 Å². The number of likely N-dealkylation sites (N-methyl/N-ethyl adjacent to an activating group) is 1. The van der Waals surface area contributed by atoms with Gasteiger partial charge >= 0.3 is 6.03 Å². The number of carbonyl (C=O) groups is 4. The predicted molar refractivity (Wildman–Crippen MR) is 174 cm³/mol. The van der Waals surface area contributed by atoms with Gasteiger partial charge in [-0.3, -0.25) is 19.3 Å². The molecule has 2 saturated heterocycles. The fraction of sp³-hybridized carbons (Fsp3) is 0.484. The number of ketones is 1. The molecule has 0 unspecified atom stereocenters. The van der Waals surface area contributed by atoms with Gasteiger partial charge in [0.05, 0.1) is 21.9 Å². The summed E-state index contributed by atoms with van der Waals surface area (Å²) < 4.78 is 0.651. The molecule has 2 aromatic carbocycles. The van der Waals surface area contributed by atoms with Gasteiger partial charge in [0.15, 0.2) is 5.78 Å². The molecule has 3 aliphatic rings. The van der Waals surface area contributed by atoms with Crippen molar-refractivity contribution < 1.29 is 24.3 Å². The van der Waals surface area contributed by atoms with Crippen molar-refractivity contribution >= 4 is 61.2 Å². The SMILES string of the molecule is CN1CCN(CC(=O)N[C@@H](CC(=O)N2CCC(N3CCc4ccccc4NC3=O)CC2)C(=O)c2cc(Br)c(O)c(Br)c2)CC1. The lowest BCUT2D eigenvalue weighted by molar-refractivity contribution is -0.133. The smallest absolute Gasteiger partial charge is 0.322 e. The van der Waals surface area contributed by atoms with Gasteiger partial charge in [-0.15, -0.1) is 0 Å². The van der Waals surface area contributed by atoms with Crippen LogP contribution in [0.4, 0.5) is 10.5 Å². The molecule has 236 valence electrons. The zero-order chi connectivity index (χ0) is 31.4. The van der Waals surface area contributed by atoms with E-state index in [1.165, 1.54) is 12.1 Å². The van der Waals surface area contributed by atoms with Crippen molar-refractivity contribution in [3.05, 3.63) is 56.5 Å². The Morgan fingerprint density at radius 1 is 1.00 bits per heavy atom. The number of nitrogens with one attached hydrogen (secondary N) is 2. The maximum Gasteiger partial charge on any atom is 0.322 e. The van der Waals surface area contributed by atoms with Crippen LogP contribution in [0, 0.1) is 0 Å². The van der Waals surface area contributed by atoms with Gasteiger partial charge in [-0.25, -0.2) is 4.79 Å². The van der Waals surface area contributed by atoms with E-state index in [1.807, 2.05) is 41.1 Å². The molecule has 44 heavy (non-hydrogen) atoms. The van der Waals surface area contributed by atoms with Gasteiger partial charge < -0.3 is 30.4 Å². The van der Waals surface area contributed by atoms with E-state index in [0.717, 1.165) is 43.9 Å². The van der Waals surface area contributed by atoms with E-state index < -0.39 is 11.8 Å². The maximum absolute atomic E-state index is 13.7. The summed E-state index contributed by atoms with van der Waals surface area (Å²) in [6.45, 7) is 4.85. The van der Waals surface area contributed by atoms with Gasteiger partial charge in [0.2, 0.25) is 11.8 Å². The average molecular weight is 734 g/mol. The number of likely N-dealkylation sites (tertiary alicyclic amines) is 1. The minimum atomic E-state index is -1.07. The molecule has 4 amide bonds. The molecule has 11 nitrogen and oxygen atoms in total. The van der Waals surface area contributed by atoms with E-state index in [2.05, 4.69) is 47.4 Å². The topological polar surface area (TPSA) is 126 Å². The number of phenolic OH excluding ortho intramolecular Hbond substituents is 1. The number of rotatable bonds is 8. The number of hydrogen-bond acceptors (Lipinski definition) is 7. The Morgan fingerprint density at radius 3 is 2.34 bits per heavy atom. The lowest BCUT2D eigenvalue weighted by atomic mass is 9.98. The predicted octanol–water partition coefficient (Wildman–Crippen LogP) is 3.30. The number of fused-ring (bicyclic) bond motifs is 1. The van der Waals surface area contributed by atoms with Crippen LogP contribution in [-0.4, -0.2) is 120 Å². The van der Waals surface area contributed by atoms with E-state index in [9.17, 15) is 24.3 Å². The number of urea groups is 1. The van der Waals surface area contributed by atoms with Crippen LogP contribution in [0.1, 0.15) is 35.2 Å². The minimum Gasteiger partial charge on any atom is -0.506 e. The van der Waals surface area contributed by atoms with Crippen LogP contribution in [0.2, 0.25) is 0 Å². The van der Waals surface area contributed by atoms with Crippen LogP contribution >= 0.6 is 31.9 Å². The third-order valence-corrected chi connectivity index (χ3v) is 9.90. The number of halogens is 2. The number of piperidine rings is 1. The van der Waals surface area contributed by atoms with Crippen molar-refractivity contribution in [2.24, 2.45) is 0 Å². The molecular formula is C31H38Br2N6O5. The lowest BCUT2D eigenvalue weighted by Crippen LogP contribution is -2.53. The van der Waals surface area contributed by atoms with Crippen molar-refractivity contribution in [3.8, 4) is 5.75 Å². The summed E-state index contributed by atoms with van der Waals surface area (Å²) in [5.74, 6) is -1.00. The van der Waals surface area contributed by atoms with Gasteiger partial charge in [-0.2, -0.15) is 0 Å². The summed E-state index contributed by atoms with van der Waals surface area (Å²) >= 11 is 6.53. The fourth-order valence-corrected chi connectivity index (χ4v) is 7.22. The molecule has 0 saturated carbocycles. The quantitative estimate of drug-likeness (QED) is 0.356.